The summed E-state index contributed by atoms with van der Waals surface area (Å²) in [7, 11) is 0. The Labute approximate surface area is 208 Å². The Morgan fingerprint density at radius 1 is 1.06 bits per heavy atom. The first-order valence-corrected chi connectivity index (χ1v) is 11.7. The zero-order valence-electron chi connectivity index (χ0n) is 20.2. The molecular weight excluding hydrogens is 467 g/mol. The topological polar surface area (TPSA) is 85.6 Å². The highest BCUT2D eigenvalue weighted by molar-refractivity contribution is 6.30. The van der Waals surface area contributed by atoms with Crippen LogP contribution in [0.5, 0.6) is 0 Å². The van der Waals surface area contributed by atoms with Crippen LogP contribution in [0.4, 0.5) is 4.39 Å². The van der Waals surface area contributed by atoms with E-state index in [4.69, 9.17) is 11.6 Å². The number of carbonyl (C=O) groups is 1. The van der Waals surface area contributed by atoms with Crippen molar-refractivity contribution in [3.8, 4) is 16.8 Å². The van der Waals surface area contributed by atoms with Gasteiger partial charge in [-0.1, -0.05) is 43.6 Å². The Bertz CT molecular complexity index is 1400. The average molecular weight is 493 g/mol. The Kier molecular flexibility index (Phi) is 6.93. The number of hydrogen-bond donors (Lipinski definition) is 1. The summed E-state index contributed by atoms with van der Waals surface area (Å²) in [6.45, 7) is 9.46. The lowest BCUT2D eigenvalue weighted by atomic mass is 9.99. The minimum atomic E-state index is -0.400. The van der Waals surface area contributed by atoms with E-state index in [1.165, 1.54) is 6.07 Å². The zero-order chi connectivity index (χ0) is 25.3. The van der Waals surface area contributed by atoms with Crippen molar-refractivity contribution in [2.24, 2.45) is 0 Å². The van der Waals surface area contributed by atoms with Gasteiger partial charge in [-0.05, 0) is 78.2 Å². The number of halogens is 2. The largest absolute Gasteiger partial charge is 0.344 e. The predicted molar refractivity (Wildman–Crippen MR) is 133 cm³/mol. The van der Waals surface area contributed by atoms with E-state index in [1.807, 2.05) is 52.8 Å². The van der Waals surface area contributed by atoms with E-state index in [1.54, 1.807) is 28.9 Å². The summed E-state index contributed by atoms with van der Waals surface area (Å²) in [5, 5.41) is 15.4. The average Bonchev–Trinajstić information content (AvgIpc) is 3.31. The summed E-state index contributed by atoms with van der Waals surface area (Å²) in [4.78, 5) is 17.7. The lowest BCUT2D eigenvalue weighted by Gasteiger charge is -2.16. The minimum absolute atomic E-state index is 0.0411. The smallest absolute Gasteiger partial charge is 0.251 e. The Morgan fingerprint density at radius 3 is 2.51 bits per heavy atom. The number of nitrogens with one attached hydrogen (secondary N) is 1. The number of tetrazole rings is 1. The van der Waals surface area contributed by atoms with Gasteiger partial charge in [-0.25, -0.2) is 9.37 Å². The van der Waals surface area contributed by atoms with Crippen LogP contribution in [0.1, 0.15) is 65.7 Å². The number of hydrogen-bond acceptors (Lipinski definition) is 5. The molecule has 0 saturated carbocycles. The molecule has 0 aliphatic carbocycles. The van der Waals surface area contributed by atoms with Crippen LogP contribution in [0, 0.1) is 19.7 Å². The maximum absolute atomic E-state index is 14.9. The van der Waals surface area contributed by atoms with Gasteiger partial charge in [0.2, 0.25) is 0 Å². The van der Waals surface area contributed by atoms with Gasteiger partial charge in [-0.2, -0.15) is 4.68 Å². The molecule has 4 aromatic rings. The van der Waals surface area contributed by atoms with Crippen LogP contribution >= 0.6 is 11.6 Å². The van der Waals surface area contributed by atoms with Crippen LogP contribution in [0.15, 0.2) is 48.5 Å². The number of rotatable bonds is 6. The number of pyridine rings is 1. The van der Waals surface area contributed by atoms with Crippen LogP contribution < -0.4 is 5.32 Å². The van der Waals surface area contributed by atoms with Gasteiger partial charge in [0.05, 0.1) is 17.4 Å². The van der Waals surface area contributed by atoms with Gasteiger partial charge in [-0.3, -0.25) is 4.79 Å². The minimum Gasteiger partial charge on any atom is -0.344 e. The second kappa shape index (κ2) is 9.92. The summed E-state index contributed by atoms with van der Waals surface area (Å²) < 4.78 is 16.5. The van der Waals surface area contributed by atoms with Crippen LogP contribution in [0.3, 0.4) is 0 Å². The Hall–Kier alpha value is -3.65. The van der Waals surface area contributed by atoms with E-state index in [2.05, 4.69) is 25.8 Å². The van der Waals surface area contributed by atoms with Gasteiger partial charge in [-0.15, -0.1) is 5.10 Å². The zero-order valence-corrected chi connectivity index (χ0v) is 20.9. The van der Waals surface area contributed by atoms with Crippen molar-refractivity contribution in [2.45, 2.75) is 46.6 Å². The fourth-order valence-corrected chi connectivity index (χ4v) is 3.89. The SMILES string of the molecule is Cc1ccc(-c2cc(C(=O)NC(C)c3ccc(C)c(Cl)n3)cc(-n3nnnc3C(C)C)c2)c(F)c1. The molecule has 0 saturated heterocycles. The van der Waals surface area contributed by atoms with Gasteiger partial charge in [0.15, 0.2) is 5.82 Å². The molecule has 0 spiro atoms. The van der Waals surface area contributed by atoms with Crippen molar-refractivity contribution in [3.63, 3.8) is 0 Å². The summed E-state index contributed by atoms with van der Waals surface area (Å²) >= 11 is 6.16. The lowest BCUT2D eigenvalue weighted by molar-refractivity contribution is 0.0939. The molecule has 0 fully saturated rings. The fourth-order valence-electron chi connectivity index (χ4n) is 3.73. The van der Waals surface area contributed by atoms with Gasteiger partial charge >= 0.3 is 0 Å². The number of amides is 1. The van der Waals surface area contributed by atoms with Crippen molar-refractivity contribution in [2.75, 3.05) is 0 Å². The number of nitrogens with zero attached hydrogens (tertiary/aromatic N) is 5. The predicted octanol–water partition coefficient (Wildman–Crippen LogP) is 5.75. The van der Waals surface area contributed by atoms with E-state index in [0.717, 1.165) is 11.1 Å². The van der Waals surface area contributed by atoms with Crippen LogP contribution in [-0.2, 0) is 0 Å². The Morgan fingerprint density at radius 2 is 1.83 bits per heavy atom. The molecular formula is C26H26ClFN6O. The van der Waals surface area contributed by atoms with Crippen molar-refractivity contribution >= 4 is 17.5 Å². The molecule has 180 valence electrons. The number of aromatic nitrogens is 5. The van der Waals surface area contributed by atoms with Crippen molar-refractivity contribution in [1.29, 1.82) is 0 Å². The number of aryl methyl sites for hydroxylation is 2. The monoisotopic (exact) mass is 492 g/mol. The maximum Gasteiger partial charge on any atom is 0.251 e. The molecule has 1 N–H and O–H groups in total. The van der Waals surface area contributed by atoms with Crippen molar-refractivity contribution < 1.29 is 9.18 Å². The van der Waals surface area contributed by atoms with Gasteiger partial charge in [0.1, 0.15) is 11.0 Å². The highest BCUT2D eigenvalue weighted by atomic mass is 35.5. The van der Waals surface area contributed by atoms with E-state index in [9.17, 15) is 9.18 Å². The third-order valence-corrected chi connectivity index (χ3v) is 6.10. The molecule has 1 unspecified atom stereocenters. The first-order valence-electron chi connectivity index (χ1n) is 11.3. The quantitative estimate of drug-likeness (QED) is 0.346. The molecule has 2 heterocycles. The molecule has 4 rings (SSSR count). The van der Waals surface area contributed by atoms with E-state index >= 15 is 0 Å². The third-order valence-electron chi connectivity index (χ3n) is 5.72. The van der Waals surface area contributed by atoms with Gasteiger partial charge < -0.3 is 5.32 Å². The normalized spacial score (nSPS) is 12.1. The van der Waals surface area contributed by atoms with E-state index in [-0.39, 0.29) is 17.6 Å². The molecule has 2 aromatic heterocycles. The summed E-state index contributed by atoms with van der Waals surface area (Å²) in [6.07, 6.45) is 0. The molecule has 9 heteroatoms. The van der Waals surface area contributed by atoms with Gasteiger partial charge in [0, 0.05) is 17.0 Å². The molecule has 1 atom stereocenters. The fraction of sp³-hybridized carbons (Fsp3) is 0.269. The molecule has 2 aromatic carbocycles. The van der Waals surface area contributed by atoms with Crippen molar-refractivity contribution in [1.82, 2.24) is 30.5 Å². The van der Waals surface area contributed by atoms with E-state index in [0.29, 0.717) is 39.0 Å². The second-order valence-corrected chi connectivity index (χ2v) is 9.25. The molecule has 7 nitrogen and oxygen atoms in total. The molecule has 0 radical (unpaired) electrons. The highest BCUT2D eigenvalue weighted by Crippen LogP contribution is 2.29. The summed E-state index contributed by atoms with van der Waals surface area (Å²) in [5.41, 5.74) is 4.12. The Balaban J connectivity index is 1.77. The van der Waals surface area contributed by atoms with Crippen LogP contribution in [0.25, 0.3) is 16.8 Å². The summed E-state index contributed by atoms with van der Waals surface area (Å²) in [6, 6.07) is 13.4. The standard InChI is InChI=1S/C26H26ClFN6O/c1-14(2)25-31-32-33-34(25)20-12-18(21-8-6-15(3)10-22(21)28)11-19(13-20)26(35)29-17(5)23-9-7-16(4)24(27)30-23/h6-14,17H,1-5H3,(H,29,35). The molecule has 0 aliphatic rings. The first kappa shape index (κ1) is 24.5. The molecule has 1 amide bonds. The van der Waals surface area contributed by atoms with E-state index < -0.39 is 6.04 Å². The van der Waals surface area contributed by atoms with Gasteiger partial charge in [0.25, 0.3) is 5.91 Å². The highest BCUT2D eigenvalue weighted by Gasteiger charge is 2.19. The lowest BCUT2D eigenvalue weighted by Crippen LogP contribution is -2.27. The van der Waals surface area contributed by atoms with Crippen molar-refractivity contribution in [3.05, 3.63) is 87.7 Å². The molecule has 35 heavy (non-hydrogen) atoms. The molecule has 0 aliphatic heterocycles. The number of benzene rings is 2. The second-order valence-electron chi connectivity index (χ2n) is 8.89. The summed E-state index contributed by atoms with van der Waals surface area (Å²) in [5.74, 6) is -0.0452. The third kappa shape index (κ3) is 5.22. The van der Waals surface area contributed by atoms with Crippen LogP contribution in [0.2, 0.25) is 5.15 Å². The van der Waals surface area contributed by atoms with Crippen LogP contribution in [-0.4, -0.2) is 31.1 Å². The molecule has 0 bridgehead atoms. The maximum atomic E-state index is 14.9. The first-order chi connectivity index (χ1) is 16.6. The number of carbonyl (C=O) groups excluding carboxylic acids is 1.